The van der Waals surface area contributed by atoms with Crippen molar-refractivity contribution in [1.29, 1.82) is 0 Å². The van der Waals surface area contributed by atoms with Crippen molar-refractivity contribution in [2.75, 3.05) is 0 Å². The van der Waals surface area contributed by atoms with Crippen LogP contribution in [0.3, 0.4) is 0 Å². The number of carbonyl (C=O) groups excluding carboxylic acids is 2. The number of hydrogen-bond donors (Lipinski definition) is 0. The molecular formula is C12H10BrNO2. The van der Waals surface area contributed by atoms with E-state index in [-0.39, 0.29) is 11.8 Å². The van der Waals surface area contributed by atoms with E-state index in [1.54, 1.807) is 6.92 Å². The summed E-state index contributed by atoms with van der Waals surface area (Å²) in [7, 11) is 0. The Hall–Kier alpha value is -1.42. The highest BCUT2D eigenvalue weighted by atomic mass is 79.9. The van der Waals surface area contributed by atoms with Crippen LogP contribution in [-0.2, 0) is 16.1 Å². The van der Waals surface area contributed by atoms with Crippen LogP contribution in [0.15, 0.2) is 40.4 Å². The lowest BCUT2D eigenvalue weighted by molar-refractivity contribution is -0.137. The summed E-state index contributed by atoms with van der Waals surface area (Å²) in [6.07, 6.45) is 0. The lowest BCUT2D eigenvalue weighted by Crippen LogP contribution is -2.30. The molecule has 16 heavy (non-hydrogen) atoms. The highest BCUT2D eigenvalue weighted by Gasteiger charge is 2.34. The molecule has 0 saturated heterocycles. The molecule has 0 N–H and O–H groups in total. The fraction of sp³-hybridized carbons (Fsp3) is 0.167. The maximum Gasteiger partial charge on any atom is 0.268 e. The third-order valence-electron chi connectivity index (χ3n) is 2.51. The largest absolute Gasteiger partial charge is 0.270 e. The molecule has 1 aliphatic rings. The molecule has 1 aromatic carbocycles. The summed E-state index contributed by atoms with van der Waals surface area (Å²) in [6.45, 7) is 1.97. The second-order valence-electron chi connectivity index (χ2n) is 3.62. The molecule has 1 heterocycles. The van der Waals surface area contributed by atoms with Gasteiger partial charge in [0.2, 0.25) is 0 Å². The van der Waals surface area contributed by atoms with E-state index in [2.05, 4.69) is 15.9 Å². The number of nitrogens with zero attached hydrogens (tertiary/aromatic N) is 1. The molecule has 4 heteroatoms. The minimum absolute atomic E-state index is 0.222. The van der Waals surface area contributed by atoms with E-state index in [0.29, 0.717) is 16.6 Å². The molecule has 1 aromatic rings. The Morgan fingerprint density at radius 2 is 1.75 bits per heavy atom. The van der Waals surface area contributed by atoms with Crippen LogP contribution in [0.1, 0.15) is 12.5 Å². The van der Waals surface area contributed by atoms with E-state index >= 15 is 0 Å². The van der Waals surface area contributed by atoms with Gasteiger partial charge in [-0.05, 0) is 28.4 Å². The molecule has 0 atom stereocenters. The predicted molar refractivity (Wildman–Crippen MR) is 63.6 cm³/mol. The predicted octanol–water partition coefficient (Wildman–Crippen LogP) is 2.22. The average Bonchev–Trinajstić information content (AvgIpc) is 2.48. The van der Waals surface area contributed by atoms with Crippen LogP contribution in [0, 0.1) is 0 Å². The fourth-order valence-electron chi connectivity index (χ4n) is 1.58. The number of imide groups is 1. The third-order valence-corrected chi connectivity index (χ3v) is 3.45. The zero-order valence-electron chi connectivity index (χ0n) is 8.74. The standard InChI is InChI=1S/C12H10BrNO2/c1-8-10(13)12(16)14(11(8)15)7-9-5-3-2-4-6-9/h2-6H,7H2,1H3. The number of hydrogen-bond acceptors (Lipinski definition) is 2. The number of amides is 2. The summed E-state index contributed by atoms with van der Waals surface area (Å²) in [5.41, 5.74) is 1.42. The van der Waals surface area contributed by atoms with Crippen LogP contribution in [-0.4, -0.2) is 16.7 Å². The Bertz CT molecular complexity index is 455. The van der Waals surface area contributed by atoms with Gasteiger partial charge in [-0.25, -0.2) is 0 Å². The first-order valence-electron chi connectivity index (χ1n) is 4.87. The first-order chi connectivity index (χ1) is 7.61. The van der Waals surface area contributed by atoms with E-state index in [1.165, 1.54) is 4.90 Å². The molecule has 0 saturated carbocycles. The third kappa shape index (κ3) is 1.80. The zero-order valence-corrected chi connectivity index (χ0v) is 10.3. The molecule has 0 spiro atoms. The molecule has 0 aromatic heterocycles. The van der Waals surface area contributed by atoms with E-state index in [0.717, 1.165) is 5.56 Å². The average molecular weight is 280 g/mol. The minimum atomic E-state index is -0.258. The van der Waals surface area contributed by atoms with Gasteiger partial charge in [0, 0.05) is 5.57 Å². The van der Waals surface area contributed by atoms with Gasteiger partial charge in [0.25, 0.3) is 11.8 Å². The van der Waals surface area contributed by atoms with Crippen LogP contribution < -0.4 is 0 Å². The maximum absolute atomic E-state index is 11.7. The van der Waals surface area contributed by atoms with Crippen molar-refractivity contribution in [3.8, 4) is 0 Å². The Balaban J connectivity index is 2.21. The Morgan fingerprint density at radius 3 is 2.25 bits per heavy atom. The van der Waals surface area contributed by atoms with Crippen molar-refractivity contribution in [2.24, 2.45) is 0 Å². The van der Waals surface area contributed by atoms with Crippen LogP contribution in [0.5, 0.6) is 0 Å². The zero-order chi connectivity index (χ0) is 11.7. The van der Waals surface area contributed by atoms with Crippen LogP contribution in [0.4, 0.5) is 0 Å². The van der Waals surface area contributed by atoms with Gasteiger partial charge in [0.1, 0.15) is 0 Å². The van der Waals surface area contributed by atoms with Gasteiger partial charge in [-0.2, -0.15) is 0 Å². The van der Waals surface area contributed by atoms with Gasteiger partial charge in [0.15, 0.2) is 0 Å². The Labute approximate surface area is 102 Å². The number of carbonyl (C=O) groups is 2. The molecule has 0 fully saturated rings. The summed E-state index contributed by atoms with van der Waals surface area (Å²) < 4.78 is 0.369. The Kier molecular flexibility index (Phi) is 2.92. The Morgan fingerprint density at radius 1 is 1.12 bits per heavy atom. The monoisotopic (exact) mass is 279 g/mol. The number of rotatable bonds is 2. The molecule has 1 aliphatic heterocycles. The molecule has 0 aliphatic carbocycles. The number of halogens is 1. The van der Waals surface area contributed by atoms with E-state index in [1.807, 2.05) is 30.3 Å². The molecule has 0 unspecified atom stereocenters. The van der Waals surface area contributed by atoms with Crippen molar-refractivity contribution >= 4 is 27.7 Å². The lowest BCUT2D eigenvalue weighted by Gasteiger charge is -2.14. The fourth-order valence-corrected chi connectivity index (χ4v) is 1.96. The highest BCUT2D eigenvalue weighted by molar-refractivity contribution is 9.12. The SMILES string of the molecule is CC1=C(Br)C(=O)N(Cc2ccccc2)C1=O. The summed E-state index contributed by atoms with van der Waals surface area (Å²) >= 11 is 3.13. The number of benzene rings is 1. The first-order valence-corrected chi connectivity index (χ1v) is 5.67. The summed E-state index contributed by atoms with van der Waals surface area (Å²) in [6, 6.07) is 9.45. The van der Waals surface area contributed by atoms with Crippen molar-refractivity contribution in [3.05, 3.63) is 46.0 Å². The van der Waals surface area contributed by atoms with Crippen molar-refractivity contribution in [1.82, 2.24) is 4.90 Å². The normalized spacial score (nSPS) is 16.2. The first kappa shape index (κ1) is 11.1. The molecular weight excluding hydrogens is 270 g/mol. The molecule has 0 radical (unpaired) electrons. The van der Waals surface area contributed by atoms with Crippen molar-refractivity contribution in [2.45, 2.75) is 13.5 Å². The summed E-state index contributed by atoms with van der Waals surface area (Å²) in [5, 5.41) is 0. The second-order valence-corrected chi connectivity index (χ2v) is 4.41. The quantitative estimate of drug-likeness (QED) is 0.779. The summed E-state index contributed by atoms with van der Waals surface area (Å²) in [5.74, 6) is -0.480. The van der Waals surface area contributed by atoms with Crippen LogP contribution in [0.25, 0.3) is 0 Å². The van der Waals surface area contributed by atoms with E-state index < -0.39 is 0 Å². The van der Waals surface area contributed by atoms with Gasteiger partial charge in [0.05, 0.1) is 11.0 Å². The van der Waals surface area contributed by atoms with Gasteiger partial charge in [-0.15, -0.1) is 0 Å². The van der Waals surface area contributed by atoms with Gasteiger partial charge in [-0.3, -0.25) is 14.5 Å². The van der Waals surface area contributed by atoms with Gasteiger partial charge >= 0.3 is 0 Å². The maximum atomic E-state index is 11.7. The second kappa shape index (κ2) is 4.22. The topological polar surface area (TPSA) is 37.4 Å². The van der Waals surface area contributed by atoms with E-state index in [4.69, 9.17) is 0 Å². The molecule has 0 bridgehead atoms. The molecule has 3 nitrogen and oxygen atoms in total. The highest BCUT2D eigenvalue weighted by Crippen LogP contribution is 2.26. The lowest BCUT2D eigenvalue weighted by atomic mass is 10.2. The molecule has 82 valence electrons. The van der Waals surface area contributed by atoms with Gasteiger partial charge < -0.3 is 0 Å². The van der Waals surface area contributed by atoms with E-state index in [9.17, 15) is 9.59 Å². The molecule has 2 amide bonds. The summed E-state index contributed by atoms with van der Waals surface area (Å²) in [4.78, 5) is 24.7. The minimum Gasteiger partial charge on any atom is -0.270 e. The van der Waals surface area contributed by atoms with Crippen molar-refractivity contribution in [3.63, 3.8) is 0 Å². The van der Waals surface area contributed by atoms with Crippen LogP contribution in [0.2, 0.25) is 0 Å². The van der Waals surface area contributed by atoms with Gasteiger partial charge in [-0.1, -0.05) is 30.3 Å². The van der Waals surface area contributed by atoms with Crippen LogP contribution >= 0.6 is 15.9 Å². The molecule has 2 rings (SSSR count). The van der Waals surface area contributed by atoms with Crippen molar-refractivity contribution < 1.29 is 9.59 Å². The smallest absolute Gasteiger partial charge is 0.268 e.